The van der Waals surface area contributed by atoms with Gasteiger partial charge in [0.05, 0.1) is 16.8 Å². The van der Waals surface area contributed by atoms with E-state index >= 15 is 0 Å². The Hall–Kier alpha value is -2.01. The summed E-state index contributed by atoms with van der Waals surface area (Å²) >= 11 is 6.00. The van der Waals surface area contributed by atoms with Crippen molar-refractivity contribution in [2.24, 2.45) is 5.73 Å². The summed E-state index contributed by atoms with van der Waals surface area (Å²) in [6, 6.07) is 3.95. The number of hydrogen-bond donors (Lipinski definition) is 2. The highest BCUT2D eigenvalue weighted by Gasteiger charge is 2.21. The number of aromatic nitrogens is 2. The molecule has 2 aromatic rings. The molecule has 24 heavy (non-hydrogen) atoms. The molecule has 2 rings (SSSR count). The fourth-order valence-electron chi connectivity index (χ4n) is 1.72. The van der Waals surface area contributed by atoms with E-state index in [1.807, 2.05) is 0 Å². The Balaban J connectivity index is 0.00000288. The number of carbonyl (C=O) groups is 1. The molecule has 0 amide bonds. The molecule has 1 aromatic carbocycles. The molecule has 0 radical (unpaired) electrons. The molecule has 12 heteroatoms. The van der Waals surface area contributed by atoms with Crippen LogP contribution in [0.2, 0.25) is 0 Å². The normalized spacial score (nSPS) is 12.9. The lowest BCUT2D eigenvalue weighted by Gasteiger charge is -2.06. The number of halogens is 2. The van der Waals surface area contributed by atoms with Crippen molar-refractivity contribution in [3.8, 4) is 0 Å². The minimum Gasteiger partial charge on any atom is -0.480 e. The summed E-state index contributed by atoms with van der Waals surface area (Å²) in [5.74, 6) is -1.19. The predicted molar refractivity (Wildman–Crippen MR) is 87.8 cm³/mol. The lowest BCUT2D eigenvalue weighted by atomic mass is 10.2. The molecule has 0 aliphatic heterocycles. The van der Waals surface area contributed by atoms with Crippen molar-refractivity contribution >= 4 is 46.6 Å². The predicted octanol–water partition coefficient (Wildman–Crippen LogP) is 1.34. The first-order valence-electron chi connectivity index (χ1n) is 6.18. The van der Waals surface area contributed by atoms with E-state index in [4.69, 9.17) is 22.6 Å². The number of non-ortho nitro benzene ring substituents is 1. The van der Waals surface area contributed by atoms with Gasteiger partial charge in [-0.05, 0) is 12.1 Å². The maximum Gasteiger partial charge on any atom is 0.320 e. The van der Waals surface area contributed by atoms with Gasteiger partial charge in [-0.15, -0.1) is 12.4 Å². The molecule has 3 N–H and O–H groups in total. The molecule has 0 saturated heterocycles. The van der Waals surface area contributed by atoms with Crippen molar-refractivity contribution in [2.75, 3.05) is 0 Å². The van der Waals surface area contributed by atoms with Gasteiger partial charge in [-0.2, -0.15) is 0 Å². The second kappa shape index (κ2) is 8.20. The first-order valence-corrected chi connectivity index (χ1v) is 7.67. The molecule has 0 saturated carbocycles. The lowest BCUT2D eigenvalue weighted by Crippen LogP contribution is -2.32. The number of nitro benzene ring substituents is 1. The van der Waals surface area contributed by atoms with Crippen LogP contribution in [-0.2, 0) is 22.0 Å². The average molecular weight is 395 g/mol. The fourth-order valence-corrected chi connectivity index (χ4v) is 3.07. The average Bonchev–Trinajstić information content (AvgIpc) is 2.87. The van der Waals surface area contributed by atoms with Gasteiger partial charge in [0.1, 0.15) is 16.8 Å². The number of hydrogen-bond acceptors (Lipinski definition) is 6. The highest BCUT2D eigenvalue weighted by molar-refractivity contribution is 7.85. The Bertz CT molecular complexity index is 780. The molecule has 0 aliphatic carbocycles. The topological polar surface area (TPSA) is 141 Å². The summed E-state index contributed by atoms with van der Waals surface area (Å²) in [4.78, 5) is 25.0. The Morgan fingerprint density at radius 1 is 1.46 bits per heavy atom. The van der Waals surface area contributed by atoms with Gasteiger partial charge in [0, 0.05) is 35.2 Å². The third kappa shape index (κ3) is 4.29. The Morgan fingerprint density at radius 2 is 2.04 bits per heavy atom. The van der Waals surface area contributed by atoms with Gasteiger partial charge in [0.2, 0.25) is 5.16 Å². The fraction of sp³-hybridized carbons (Fsp3) is 0.167. The Labute approximate surface area is 149 Å². The zero-order chi connectivity index (χ0) is 17.1. The van der Waals surface area contributed by atoms with Gasteiger partial charge in [0.25, 0.3) is 5.69 Å². The maximum atomic E-state index is 12.4. The van der Waals surface area contributed by atoms with Crippen molar-refractivity contribution in [2.45, 2.75) is 22.5 Å². The molecule has 0 aliphatic rings. The summed E-state index contributed by atoms with van der Waals surface area (Å²) in [5, 5.41) is 19.4. The van der Waals surface area contributed by atoms with E-state index in [0.29, 0.717) is 5.69 Å². The molecule has 9 nitrogen and oxygen atoms in total. The highest BCUT2D eigenvalue weighted by atomic mass is 35.5. The van der Waals surface area contributed by atoms with Gasteiger partial charge in [-0.25, -0.2) is 13.3 Å². The molecule has 2 unspecified atom stereocenters. The second-order valence-electron chi connectivity index (χ2n) is 4.48. The van der Waals surface area contributed by atoms with Crippen LogP contribution >= 0.6 is 24.2 Å². The minimum absolute atomic E-state index is 0. The van der Waals surface area contributed by atoms with E-state index in [1.54, 1.807) is 0 Å². The van der Waals surface area contributed by atoms with Gasteiger partial charge < -0.3 is 10.8 Å². The summed E-state index contributed by atoms with van der Waals surface area (Å²) in [5.41, 5.74) is 5.59. The van der Waals surface area contributed by atoms with E-state index < -0.39 is 27.7 Å². The van der Waals surface area contributed by atoms with E-state index in [9.17, 15) is 19.1 Å². The summed E-state index contributed by atoms with van der Waals surface area (Å²) in [6.07, 6.45) is 1.21. The monoisotopic (exact) mass is 394 g/mol. The first-order chi connectivity index (χ1) is 10.8. The van der Waals surface area contributed by atoms with Crippen LogP contribution in [-0.4, -0.2) is 35.3 Å². The van der Waals surface area contributed by atoms with Crippen LogP contribution in [0.3, 0.4) is 0 Å². The number of aliphatic carboxylic acids is 1. The standard InChI is InChI=1S/C12H11ClN4O5S.ClH/c13-16-8(5-10(14)11(18)19)6-15-12(16)23(22)9-3-1-7(2-4-9)17(20)21;/h1-4,6,10H,5,14H2,(H,18,19);1H. The third-order valence-corrected chi connectivity index (χ3v) is 4.72. The van der Waals surface area contributed by atoms with Crippen molar-refractivity contribution < 1.29 is 19.0 Å². The smallest absolute Gasteiger partial charge is 0.320 e. The number of nitrogens with two attached hydrogens (primary N) is 1. The third-order valence-electron chi connectivity index (χ3n) is 2.92. The number of nitrogens with zero attached hydrogens (tertiary/aromatic N) is 3. The minimum atomic E-state index is -1.78. The number of imidazole rings is 1. The van der Waals surface area contributed by atoms with Gasteiger partial charge >= 0.3 is 5.97 Å². The number of rotatable bonds is 6. The van der Waals surface area contributed by atoms with Gasteiger partial charge in [-0.1, -0.05) is 0 Å². The van der Waals surface area contributed by atoms with Crippen molar-refractivity contribution in [3.05, 3.63) is 46.3 Å². The molecule has 130 valence electrons. The van der Waals surface area contributed by atoms with Crippen molar-refractivity contribution in [1.29, 1.82) is 0 Å². The molecule has 0 bridgehead atoms. The Kier molecular flexibility index (Phi) is 6.84. The maximum absolute atomic E-state index is 12.4. The largest absolute Gasteiger partial charge is 0.480 e. The van der Waals surface area contributed by atoms with Crippen LogP contribution in [0.15, 0.2) is 40.5 Å². The van der Waals surface area contributed by atoms with Crippen LogP contribution in [0.1, 0.15) is 5.69 Å². The zero-order valence-corrected chi connectivity index (χ0v) is 14.3. The second-order valence-corrected chi connectivity index (χ2v) is 6.19. The molecule has 2 atom stereocenters. The molecule has 0 fully saturated rings. The van der Waals surface area contributed by atoms with Crippen LogP contribution in [0, 0.1) is 10.1 Å². The van der Waals surface area contributed by atoms with Gasteiger partial charge in [0.15, 0.2) is 0 Å². The van der Waals surface area contributed by atoms with Crippen LogP contribution in [0.4, 0.5) is 5.69 Å². The zero-order valence-electron chi connectivity index (χ0n) is 11.9. The number of nitro groups is 1. The molecular formula is C12H12Cl2N4O5S. The highest BCUT2D eigenvalue weighted by Crippen LogP contribution is 2.21. The molecular weight excluding hydrogens is 383 g/mol. The van der Waals surface area contributed by atoms with E-state index in [1.165, 1.54) is 30.5 Å². The molecule has 0 spiro atoms. The lowest BCUT2D eigenvalue weighted by molar-refractivity contribution is -0.384. The van der Waals surface area contributed by atoms with Crippen LogP contribution in [0.25, 0.3) is 0 Å². The van der Waals surface area contributed by atoms with E-state index in [2.05, 4.69) is 4.98 Å². The summed E-state index contributed by atoms with van der Waals surface area (Å²) < 4.78 is 13.4. The molecule has 1 heterocycles. The first kappa shape index (κ1) is 20.0. The SMILES string of the molecule is Cl.NC(Cc1cnc(S(=O)c2ccc([N+](=O)[O-])cc2)n1Cl)C(=O)O. The van der Waals surface area contributed by atoms with Crippen LogP contribution in [0.5, 0.6) is 0 Å². The number of benzene rings is 1. The van der Waals surface area contributed by atoms with Crippen molar-refractivity contribution in [3.63, 3.8) is 0 Å². The quantitative estimate of drug-likeness (QED) is 0.555. The summed E-state index contributed by atoms with van der Waals surface area (Å²) in [6.45, 7) is 0. The van der Waals surface area contributed by atoms with E-state index in [-0.39, 0.29) is 34.6 Å². The number of carboxylic acids is 1. The summed E-state index contributed by atoms with van der Waals surface area (Å²) in [7, 11) is -1.78. The van der Waals surface area contributed by atoms with Crippen LogP contribution < -0.4 is 5.73 Å². The molecule has 1 aromatic heterocycles. The van der Waals surface area contributed by atoms with Crippen molar-refractivity contribution in [1.82, 2.24) is 9.07 Å². The van der Waals surface area contributed by atoms with E-state index in [0.717, 1.165) is 4.09 Å². The number of carboxylic acid groups (broad SMARTS) is 1. The Morgan fingerprint density at radius 3 is 2.54 bits per heavy atom. The van der Waals surface area contributed by atoms with Gasteiger partial charge in [-0.3, -0.25) is 14.9 Å².